The lowest BCUT2D eigenvalue weighted by molar-refractivity contribution is -0.123. The second kappa shape index (κ2) is 8.95. The summed E-state index contributed by atoms with van der Waals surface area (Å²) < 4.78 is 25.8. The summed E-state index contributed by atoms with van der Waals surface area (Å²) in [6.07, 6.45) is 1.55. The van der Waals surface area contributed by atoms with Crippen LogP contribution in [0.4, 0.5) is 4.79 Å². The molecule has 2 aromatic rings. The number of imide groups is 1. The molecule has 0 radical (unpaired) electrons. The van der Waals surface area contributed by atoms with Gasteiger partial charge in [0.25, 0.3) is 11.1 Å². The minimum atomic E-state index is -0.643. The molecule has 2 amide bonds. The van der Waals surface area contributed by atoms with Gasteiger partial charge in [0.05, 0.1) is 39.9 Å². The number of rotatable bonds is 7. The minimum Gasteiger partial charge on any atom is -0.496 e. The molecular weight excluding hydrogens is 414 g/mol. The van der Waals surface area contributed by atoms with Gasteiger partial charge in [-0.05, 0) is 36.0 Å². The van der Waals surface area contributed by atoms with Gasteiger partial charge in [-0.1, -0.05) is 0 Å². The SMILES string of the molecule is COC(=O)c1ccc(CN2C(=O)S/C(=C/c3cc(OC)c(OC)cc3OC)C2=O)o1. The summed E-state index contributed by atoms with van der Waals surface area (Å²) in [5.74, 6) is 0.517. The van der Waals surface area contributed by atoms with Gasteiger partial charge >= 0.3 is 5.97 Å². The average Bonchev–Trinajstić information content (AvgIpc) is 3.33. The van der Waals surface area contributed by atoms with Crippen molar-refractivity contribution in [3.8, 4) is 17.2 Å². The van der Waals surface area contributed by atoms with Crippen molar-refractivity contribution < 1.29 is 37.7 Å². The highest BCUT2D eigenvalue weighted by Gasteiger charge is 2.36. The van der Waals surface area contributed by atoms with Crippen molar-refractivity contribution in [1.29, 1.82) is 0 Å². The van der Waals surface area contributed by atoms with E-state index in [2.05, 4.69) is 4.74 Å². The highest BCUT2D eigenvalue weighted by molar-refractivity contribution is 8.18. The number of benzene rings is 1. The average molecular weight is 433 g/mol. The number of carbonyl (C=O) groups is 3. The van der Waals surface area contributed by atoms with Gasteiger partial charge in [-0.2, -0.15) is 0 Å². The van der Waals surface area contributed by atoms with Crippen molar-refractivity contribution in [2.75, 3.05) is 28.4 Å². The van der Waals surface area contributed by atoms with E-state index in [0.717, 1.165) is 16.7 Å². The topological polar surface area (TPSA) is 105 Å². The quantitative estimate of drug-likeness (QED) is 0.480. The molecule has 1 fully saturated rings. The first-order valence-corrected chi connectivity index (χ1v) is 9.45. The molecular formula is C20H19NO8S. The van der Waals surface area contributed by atoms with Crippen molar-refractivity contribution in [1.82, 2.24) is 4.90 Å². The number of hydrogen-bond acceptors (Lipinski definition) is 9. The summed E-state index contributed by atoms with van der Waals surface area (Å²) >= 11 is 0.794. The molecule has 1 aromatic carbocycles. The number of carbonyl (C=O) groups excluding carboxylic acids is 3. The fourth-order valence-corrected chi connectivity index (χ4v) is 3.60. The predicted molar refractivity (Wildman–Crippen MR) is 108 cm³/mol. The number of thioether (sulfide) groups is 1. The van der Waals surface area contributed by atoms with E-state index >= 15 is 0 Å². The van der Waals surface area contributed by atoms with Gasteiger partial charge < -0.3 is 23.4 Å². The highest BCUT2D eigenvalue weighted by atomic mass is 32.2. The van der Waals surface area contributed by atoms with Crippen molar-refractivity contribution >= 4 is 35.0 Å². The zero-order chi connectivity index (χ0) is 21.8. The lowest BCUT2D eigenvalue weighted by Crippen LogP contribution is -2.27. The number of ether oxygens (including phenoxy) is 4. The van der Waals surface area contributed by atoms with Crippen molar-refractivity contribution in [2.24, 2.45) is 0 Å². The van der Waals surface area contributed by atoms with E-state index in [4.69, 9.17) is 18.6 Å². The Kier molecular flexibility index (Phi) is 6.36. The number of esters is 1. The van der Waals surface area contributed by atoms with Crippen molar-refractivity contribution in [3.63, 3.8) is 0 Å². The second-order valence-corrected chi connectivity index (χ2v) is 6.97. The summed E-state index contributed by atoms with van der Waals surface area (Å²) in [4.78, 5) is 37.9. The summed E-state index contributed by atoms with van der Waals surface area (Å²) in [5, 5.41) is -0.457. The molecule has 30 heavy (non-hydrogen) atoms. The normalized spacial score (nSPS) is 14.9. The standard InChI is InChI=1S/C20H19NO8S/c1-25-14-9-16(27-3)15(26-2)7-11(14)8-17-18(22)21(20(24)30-17)10-12-5-6-13(29-12)19(23)28-4/h5-9H,10H2,1-4H3/b17-8+. The summed E-state index contributed by atoms with van der Waals surface area (Å²) in [6, 6.07) is 6.22. The van der Waals surface area contributed by atoms with Crippen LogP contribution in [0.5, 0.6) is 17.2 Å². The molecule has 0 unspecified atom stereocenters. The Morgan fingerprint density at radius 2 is 1.70 bits per heavy atom. The van der Waals surface area contributed by atoms with Gasteiger partial charge in [0.15, 0.2) is 11.5 Å². The molecule has 1 aromatic heterocycles. The van der Waals surface area contributed by atoms with Gasteiger partial charge in [-0.15, -0.1) is 0 Å². The summed E-state index contributed by atoms with van der Waals surface area (Å²) in [5.41, 5.74) is 0.548. The maximum Gasteiger partial charge on any atom is 0.373 e. The van der Waals surface area contributed by atoms with E-state index in [9.17, 15) is 14.4 Å². The molecule has 0 saturated carbocycles. The van der Waals surface area contributed by atoms with Gasteiger partial charge in [-0.3, -0.25) is 14.5 Å². The zero-order valence-electron chi connectivity index (χ0n) is 16.7. The van der Waals surface area contributed by atoms with Gasteiger partial charge in [0.1, 0.15) is 11.5 Å². The van der Waals surface area contributed by atoms with Gasteiger partial charge in [0, 0.05) is 11.6 Å². The molecule has 3 rings (SSSR count). The molecule has 1 saturated heterocycles. The van der Waals surface area contributed by atoms with Crippen LogP contribution in [0.1, 0.15) is 21.9 Å². The molecule has 158 valence electrons. The number of amides is 2. The maximum absolute atomic E-state index is 12.8. The first-order chi connectivity index (χ1) is 14.4. The first-order valence-electron chi connectivity index (χ1n) is 8.64. The predicted octanol–water partition coefficient (Wildman–Crippen LogP) is 3.33. The Balaban J connectivity index is 1.86. The van der Waals surface area contributed by atoms with Crippen LogP contribution in [0.15, 0.2) is 33.6 Å². The number of nitrogens with zero attached hydrogens (tertiary/aromatic N) is 1. The third-order valence-corrected chi connectivity index (χ3v) is 5.17. The minimum absolute atomic E-state index is 0.00919. The van der Waals surface area contributed by atoms with Gasteiger partial charge in [0.2, 0.25) is 5.76 Å². The maximum atomic E-state index is 12.8. The fraction of sp³-hybridized carbons (Fsp3) is 0.250. The molecule has 2 heterocycles. The van der Waals surface area contributed by atoms with Crippen LogP contribution in [0.25, 0.3) is 6.08 Å². The van der Waals surface area contributed by atoms with Crippen molar-refractivity contribution in [3.05, 3.63) is 46.3 Å². The van der Waals surface area contributed by atoms with Crippen LogP contribution < -0.4 is 14.2 Å². The summed E-state index contributed by atoms with van der Waals surface area (Å²) in [6.45, 7) is -0.109. The fourth-order valence-electron chi connectivity index (χ4n) is 2.77. The Morgan fingerprint density at radius 1 is 1.03 bits per heavy atom. The Hall–Kier alpha value is -3.40. The molecule has 0 aliphatic carbocycles. The van der Waals surface area contributed by atoms with E-state index < -0.39 is 17.1 Å². The third-order valence-electron chi connectivity index (χ3n) is 4.26. The van der Waals surface area contributed by atoms with Crippen LogP contribution >= 0.6 is 11.8 Å². The van der Waals surface area contributed by atoms with E-state index in [1.807, 2.05) is 0 Å². The van der Waals surface area contributed by atoms with Crippen molar-refractivity contribution in [2.45, 2.75) is 6.54 Å². The van der Waals surface area contributed by atoms with E-state index in [1.165, 1.54) is 40.6 Å². The zero-order valence-corrected chi connectivity index (χ0v) is 17.5. The number of furan rings is 1. The molecule has 9 nitrogen and oxygen atoms in total. The van der Waals surface area contributed by atoms with E-state index in [-0.39, 0.29) is 23.0 Å². The first kappa shape index (κ1) is 21.3. The molecule has 10 heteroatoms. The van der Waals surface area contributed by atoms with E-state index in [0.29, 0.717) is 22.8 Å². The molecule has 1 aliphatic heterocycles. The molecule has 0 N–H and O–H groups in total. The van der Waals surface area contributed by atoms with Gasteiger partial charge in [-0.25, -0.2) is 4.79 Å². The van der Waals surface area contributed by atoms with Crippen LogP contribution in [-0.4, -0.2) is 50.5 Å². The largest absolute Gasteiger partial charge is 0.496 e. The Morgan fingerprint density at radius 3 is 2.33 bits per heavy atom. The lowest BCUT2D eigenvalue weighted by atomic mass is 10.1. The lowest BCUT2D eigenvalue weighted by Gasteiger charge is -2.12. The molecule has 0 spiro atoms. The molecule has 1 aliphatic rings. The second-order valence-electron chi connectivity index (χ2n) is 5.97. The Labute approximate surface area is 176 Å². The van der Waals surface area contributed by atoms with Crippen LogP contribution in [0.3, 0.4) is 0 Å². The van der Waals surface area contributed by atoms with Crippen LogP contribution in [0, 0.1) is 0 Å². The molecule has 0 atom stereocenters. The highest BCUT2D eigenvalue weighted by Crippen LogP contribution is 2.39. The Bertz CT molecular complexity index is 1030. The number of hydrogen-bond donors (Lipinski definition) is 0. The smallest absolute Gasteiger partial charge is 0.373 e. The van der Waals surface area contributed by atoms with Crippen LogP contribution in [0.2, 0.25) is 0 Å². The van der Waals surface area contributed by atoms with Crippen LogP contribution in [-0.2, 0) is 16.1 Å². The van der Waals surface area contributed by atoms with E-state index in [1.54, 1.807) is 18.2 Å². The monoisotopic (exact) mass is 433 g/mol. The third kappa shape index (κ3) is 4.13. The summed E-state index contributed by atoms with van der Waals surface area (Å²) in [7, 11) is 5.71. The molecule has 0 bridgehead atoms. The number of methoxy groups -OCH3 is 4.